The number of unbranched alkanes of at least 4 members (excludes halogenated alkanes) is 1. The molecule has 0 aromatic heterocycles. The number of nitrogens with zero attached hydrogens (tertiary/aromatic N) is 1. The number of likely N-dealkylation sites (N-methyl/N-ethyl adjacent to an activating group) is 1. The van der Waals surface area contributed by atoms with Crippen LogP contribution in [-0.2, 0) is 11.3 Å². The van der Waals surface area contributed by atoms with Crippen molar-refractivity contribution >= 4 is 11.6 Å². The molecule has 1 aromatic rings. The number of anilines is 1. The highest BCUT2D eigenvalue weighted by atomic mass is 16.2. The number of hydrogen-bond acceptors (Lipinski definition) is 3. The largest absolute Gasteiger partial charge is 0.326 e. The highest BCUT2D eigenvalue weighted by molar-refractivity contribution is 5.92. The Morgan fingerprint density at radius 3 is 2.56 bits per heavy atom. The van der Waals surface area contributed by atoms with Gasteiger partial charge in [0.25, 0.3) is 0 Å². The Kier molecular flexibility index (Phi) is 6.39. The van der Waals surface area contributed by atoms with Gasteiger partial charge in [0.05, 0.1) is 6.54 Å². The maximum absolute atomic E-state index is 11.8. The lowest BCUT2D eigenvalue weighted by atomic mass is 10.2. The lowest BCUT2D eigenvalue weighted by Crippen LogP contribution is -2.30. The molecule has 1 rings (SSSR count). The van der Waals surface area contributed by atoms with Crippen LogP contribution in [0.4, 0.5) is 5.69 Å². The summed E-state index contributed by atoms with van der Waals surface area (Å²) in [7, 11) is 1.97. The van der Waals surface area contributed by atoms with E-state index in [9.17, 15) is 4.79 Å². The Hall–Kier alpha value is -1.39. The molecule has 0 fully saturated rings. The van der Waals surface area contributed by atoms with E-state index in [1.54, 1.807) is 0 Å². The first-order valence-electron chi connectivity index (χ1n) is 6.43. The maximum atomic E-state index is 11.8. The predicted octanol–water partition coefficient (Wildman–Crippen LogP) is 1.82. The number of nitrogens with two attached hydrogens (primary N) is 1. The Bertz CT molecular complexity index is 362. The van der Waals surface area contributed by atoms with E-state index in [1.807, 2.05) is 36.2 Å². The Labute approximate surface area is 109 Å². The summed E-state index contributed by atoms with van der Waals surface area (Å²) in [5, 5.41) is 2.88. The van der Waals surface area contributed by atoms with Crippen molar-refractivity contribution in [2.24, 2.45) is 5.73 Å². The van der Waals surface area contributed by atoms with Gasteiger partial charge in [-0.25, -0.2) is 0 Å². The molecule has 0 saturated heterocycles. The molecule has 1 amide bonds. The van der Waals surface area contributed by atoms with Gasteiger partial charge in [0, 0.05) is 12.2 Å². The average Bonchev–Trinajstić information content (AvgIpc) is 2.37. The van der Waals surface area contributed by atoms with Gasteiger partial charge < -0.3 is 11.1 Å². The highest BCUT2D eigenvalue weighted by Gasteiger charge is 2.06. The second-order valence-electron chi connectivity index (χ2n) is 4.54. The summed E-state index contributed by atoms with van der Waals surface area (Å²) >= 11 is 0. The second kappa shape index (κ2) is 7.84. The SMILES string of the molecule is CCCCN(C)CC(=O)Nc1ccc(CN)cc1. The molecule has 0 unspecified atom stereocenters. The molecule has 0 atom stereocenters. The van der Waals surface area contributed by atoms with E-state index in [-0.39, 0.29) is 5.91 Å². The van der Waals surface area contributed by atoms with Gasteiger partial charge in [0.1, 0.15) is 0 Å². The fraction of sp³-hybridized carbons (Fsp3) is 0.500. The van der Waals surface area contributed by atoms with E-state index in [0.717, 1.165) is 30.6 Å². The third kappa shape index (κ3) is 5.29. The molecule has 0 saturated carbocycles. The molecule has 4 heteroatoms. The molecule has 1 aromatic carbocycles. The summed E-state index contributed by atoms with van der Waals surface area (Å²) in [6, 6.07) is 7.62. The van der Waals surface area contributed by atoms with Crippen molar-refractivity contribution in [3.63, 3.8) is 0 Å². The molecular formula is C14H23N3O. The maximum Gasteiger partial charge on any atom is 0.238 e. The quantitative estimate of drug-likeness (QED) is 0.775. The van der Waals surface area contributed by atoms with E-state index in [0.29, 0.717) is 13.1 Å². The van der Waals surface area contributed by atoms with Crippen LogP contribution in [0.1, 0.15) is 25.3 Å². The molecule has 0 spiro atoms. The van der Waals surface area contributed by atoms with Crippen LogP contribution in [0.15, 0.2) is 24.3 Å². The first-order chi connectivity index (χ1) is 8.65. The van der Waals surface area contributed by atoms with E-state index in [4.69, 9.17) is 5.73 Å². The summed E-state index contributed by atoms with van der Waals surface area (Å²) in [5.41, 5.74) is 7.40. The molecule has 0 heterocycles. The summed E-state index contributed by atoms with van der Waals surface area (Å²) < 4.78 is 0. The fourth-order valence-corrected chi connectivity index (χ4v) is 1.68. The number of amides is 1. The summed E-state index contributed by atoms with van der Waals surface area (Å²) in [6.07, 6.45) is 2.27. The van der Waals surface area contributed by atoms with Gasteiger partial charge >= 0.3 is 0 Å². The molecule has 0 radical (unpaired) electrons. The summed E-state index contributed by atoms with van der Waals surface area (Å²) in [5.74, 6) is 0.0223. The molecular weight excluding hydrogens is 226 g/mol. The molecule has 4 nitrogen and oxygen atoms in total. The number of nitrogens with one attached hydrogen (secondary N) is 1. The van der Waals surface area contributed by atoms with Crippen LogP contribution in [-0.4, -0.2) is 30.9 Å². The van der Waals surface area contributed by atoms with Crippen LogP contribution >= 0.6 is 0 Å². The van der Waals surface area contributed by atoms with E-state index >= 15 is 0 Å². The Morgan fingerprint density at radius 1 is 1.33 bits per heavy atom. The third-order valence-corrected chi connectivity index (χ3v) is 2.78. The van der Waals surface area contributed by atoms with E-state index in [2.05, 4.69) is 12.2 Å². The summed E-state index contributed by atoms with van der Waals surface area (Å²) in [6.45, 7) is 4.05. The van der Waals surface area contributed by atoms with Crippen molar-refractivity contribution in [1.29, 1.82) is 0 Å². The molecule has 3 N–H and O–H groups in total. The lowest BCUT2D eigenvalue weighted by molar-refractivity contribution is -0.117. The molecule has 0 aliphatic heterocycles. The van der Waals surface area contributed by atoms with Crippen LogP contribution < -0.4 is 11.1 Å². The van der Waals surface area contributed by atoms with E-state index in [1.165, 1.54) is 0 Å². The second-order valence-corrected chi connectivity index (χ2v) is 4.54. The molecule has 0 bridgehead atoms. The van der Waals surface area contributed by atoms with Gasteiger partial charge in [-0.1, -0.05) is 25.5 Å². The van der Waals surface area contributed by atoms with Gasteiger partial charge in [0.15, 0.2) is 0 Å². The molecule has 18 heavy (non-hydrogen) atoms. The number of carbonyl (C=O) groups is 1. The van der Waals surface area contributed by atoms with Crippen LogP contribution in [0.5, 0.6) is 0 Å². The van der Waals surface area contributed by atoms with Gasteiger partial charge in [0.2, 0.25) is 5.91 Å². The van der Waals surface area contributed by atoms with Gasteiger partial charge in [-0.05, 0) is 37.7 Å². The van der Waals surface area contributed by atoms with Crippen molar-refractivity contribution in [2.75, 3.05) is 25.5 Å². The zero-order valence-corrected chi connectivity index (χ0v) is 11.3. The Balaban J connectivity index is 2.39. The molecule has 0 aliphatic rings. The number of benzene rings is 1. The van der Waals surface area contributed by atoms with Crippen molar-refractivity contribution in [3.05, 3.63) is 29.8 Å². The van der Waals surface area contributed by atoms with Crippen molar-refractivity contribution in [2.45, 2.75) is 26.3 Å². The smallest absolute Gasteiger partial charge is 0.238 e. The van der Waals surface area contributed by atoms with Crippen molar-refractivity contribution in [1.82, 2.24) is 4.90 Å². The van der Waals surface area contributed by atoms with Crippen molar-refractivity contribution in [3.8, 4) is 0 Å². The standard InChI is InChI=1S/C14H23N3O/c1-3-4-9-17(2)11-14(18)16-13-7-5-12(10-15)6-8-13/h5-8H,3-4,9-11,15H2,1-2H3,(H,16,18). The minimum absolute atomic E-state index is 0.0223. The molecule has 100 valence electrons. The topological polar surface area (TPSA) is 58.4 Å². The first kappa shape index (κ1) is 14.7. The minimum atomic E-state index is 0.0223. The highest BCUT2D eigenvalue weighted by Crippen LogP contribution is 2.08. The van der Waals surface area contributed by atoms with Gasteiger partial charge in [-0.3, -0.25) is 9.69 Å². The van der Waals surface area contributed by atoms with Crippen LogP contribution in [0.25, 0.3) is 0 Å². The normalized spacial score (nSPS) is 10.7. The predicted molar refractivity (Wildman–Crippen MR) is 75.4 cm³/mol. The van der Waals surface area contributed by atoms with Gasteiger partial charge in [-0.15, -0.1) is 0 Å². The average molecular weight is 249 g/mol. The van der Waals surface area contributed by atoms with Crippen LogP contribution in [0.2, 0.25) is 0 Å². The number of carbonyl (C=O) groups excluding carboxylic acids is 1. The monoisotopic (exact) mass is 249 g/mol. The van der Waals surface area contributed by atoms with E-state index < -0.39 is 0 Å². The Morgan fingerprint density at radius 2 is 2.00 bits per heavy atom. The zero-order chi connectivity index (χ0) is 13.4. The van der Waals surface area contributed by atoms with Crippen LogP contribution in [0, 0.1) is 0 Å². The summed E-state index contributed by atoms with van der Waals surface area (Å²) in [4.78, 5) is 13.8. The lowest BCUT2D eigenvalue weighted by Gasteiger charge is -2.15. The first-order valence-corrected chi connectivity index (χ1v) is 6.43. The fourth-order valence-electron chi connectivity index (χ4n) is 1.68. The van der Waals surface area contributed by atoms with Gasteiger partial charge in [-0.2, -0.15) is 0 Å². The minimum Gasteiger partial charge on any atom is -0.326 e. The zero-order valence-electron chi connectivity index (χ0n) is 11.3. The molecule has 0 aliphatic carbocycles. The number of rotatable bonds is 7. The van der Waals surface area contributed by atoms with Crippen molar-refractivity contribution < 1.29 is 4.79 Å². The van der Waals surface area contributed by atoms with Crippen LogP contribution in [0.3, 0.4) is 0 Å². The number of hydrogen-bond donors (Lipinski definition) is 2. The third-order valence-electron chi connectivity index (χ3n) is 2.78.